The van der Waals surface area contributed by atoms with E-state index in [1.54, 1.807) is 17.2 Å². The average molecular weight is 337 g/mol. The number of carbonyl (C=O) groups is 1. The molecule has 2 saturated heterocycles. The molecule has 1 aliphatic carbocycles. The molecule has 1 spiro atoms. The Hall–Kier alpha value is -1.15. The van der Waals surface area contributed by atoms with Crippen LogP contribution in [0.4, 0.5) is 4.79 Å². The molecule has 134 valence electrons. The van der Waals surface area contributed by atoms with Crippen LogP contribution in [0.5, 0.6) is 0 Å². The molecule has 24 heavy (non-hydrogen) atoms. The second kappa shape index (κ2) is 5.17. The summed E-state index contributed by atoms with van der Waals surface area (Å²) in [6, 6.07) is -0.272. The van der Waals surface area contributed by atoms with Crippen molar-refractivity contribution in [1.82, 2.24) is 10.2 Å². The number of hydrogen-bond donors (Lipinski definition) is 2. The van der Waals surface area contributed by atoms with Gasteiger partial charge < -0.3 is 25.3 Å². The molecule has 1 saturated carbocycles. The number of nitrogens with two attached hydrogens (primary N) is 1. The average Bonchev–Trinajstić information content (AvgIpc) is 3.16. The van der Waals surface area contributed by atoms with Gasteiger partial charge in [-0.05, 0) is 39.2 Å². The molecule has 0 aromatic carbocycles. The van der Waals surface area contributed by atoms with E-state index in [1.165, 1.54) is 0 Å². The number of carbonyl (C=O) groups excluding carboxylic acids is 1. The van der Waals surface area contributed by atoms with Crippen molar-refractivity contribution in [3.8, 4) is 0 Å². The van der Waals surface area contributed by atoms with Gasteiger partial charge in [-0.3, -0.25) is 4.90 Å². The Morgan fingerprint density at radius 1 is 1.33 bits per heavy atom. The first-order chi connectivity index (χ1) is 11.3. The van der Waals surface area contributed by atoms with Gasteiger partial charge in [-0.2, -0.15) is 0 Å². The molecule has 0 radical (unpaired) electrons. The third kappa shape index (κ3) is 2.15. The Bertz CT molecular complexity index is 576. The molecule has 0 aromatic heterocycles. The predicted molar refractivity (Wildman–Crippen MR) is 86.6 cm³/mol. The van der Waals surface area contributed by atoms with E-state index in [0.717, 1.165) is 32.1 Å². The fraction of sp³-hybridized carbons (Fsp3) is 0.824. The lowest BCUT2D eigenvalue weighted by molar-refractivity contribution is -0.245. The zero-order valence-corrected chi connectivity index (χ0v) is 14.6. The van der Waals surface area contributed by atoms with Gasteiger partial charge in [-0.25, -0.2) is 4.79 Å². The van der Waals surface area contributed by atoms with Gasteiger partial charge in [0.15, 0.2) is 12.0 Å². The number of rotatable bonds is 2. The first-order valence-electron chi connectivity index (χ1n) is 8.90. The molecular weight excluding hydrogens is 310 g/mol. The van der Waals surface area contributed by atoms with Gasteiger partial charge in [-0.15, -0.1) is 0 Å². The molecule has 5 atom stereocenters. The molecular formula is C17H27N3O4. The molecule has 7 nitrogen and oxygen atoms in total. The fourth-order valence-electron chi connectivity index (χ4n) is 4.59. The highest BCUT2D eigenvalue weighted by Gasteiger charge is 2.71. The number of fused-ring (bicyclic) bond motifs is 1. The lowest BCUT2D eigenvalue weighted by atomic mass is 9.87. The van der Waals surface area contributed by atoms with Crippen molar-refractivity contribution in [2.24, 2.45) is 5.73 Å². The van der Waals surface area contributed by atoms with Gasteiger partial charge in [0.1, 0.15) is 11.7 Å². The maximum atomic E-state index is 12.4. The Kier molecular flexibility index (Phi) is 3.52. The summed E-state index contributed by atoms with van der Waals surface area (Å²) in [7, 11) is 0. The predicted octanol–water partition coefficient (Wildman–Crippen LogP) is 1.78. The van der Waals surface area contributed by atoms with Crippen molar-refractivity contribution in [3.05, 3.63) is 12.3 Å². The second-order valence-corrected chi connectivity index (χ2v) is 7.76. The van der Waals surface area contributed by atoms with E-state index in [-0.39, 0.29) is 12.1 Å². The Labute approximate surface area is 142 Å². The van der Waals surface area contributed by atoms with E-state index >= 15 is 0 Å². The van der Waals surface area contributed by atoms with Gasteiger partial charge in [0, 0.05) is 19.0 Å². The highest BCUT2D eigenvalue weighted by atomic mass is 16.8. The molecule has 1 unspecified atom stereocenters. The maximum Gasteiger partial charge on any atom is 0.325 e. The fourth-order valence-corrected chi connectivity index (χ4v) is 4.59. The van der Waals surface area contributed by atoms with Crippen LogP contribution >= 0.6 is 0 Å². The van der Waals surface area contributed by atoms with Crippen LogP contribution in [0.1, 0.15) is 52.9 Å². The topological polar surface area (TPSA) is 86.1 Å². The van der Waals surface area contributed by atoms with Crippen LogP contribution < -0.4 is 11.1 Å². The van der Waals surface area contributed by atoms with Crippen molar-refractivity contribution in [1.29, 1.82) is 0 Å². The van der Waals surface area contributed by atoms with Gasteiger partial charge in [0.25, 0.3) is 0 Å². The number of hydrogen-bond acceptors (Lipinski definition) is 5. The van der Waals surface area contributed by atoms with Crippen molar-refractivity contribution < 1.29 is 19.0 Å². The third-order valence-corrected chi connectivity index (χ3v) is 5.98. The first-order valence-corrected chi connectivity index (χ1v) is 8.90. The van der Waals surface area contributed by atoms with Crippen LogP contribution in [0.2, 0.25) is 0 Å². The summed E-state index contributed by atoms with van der Waals surface area (Å²) >= 11 is 0. The molecule has 7 heteroatoms. The van der Waals surface area contributed by atoms with Crippen molar-refractivity contribution >= 4 is 6.03 Å². The molecule has 4 rings (SSSR count). The Balaban J connectivity index is 1.70. The molecule has 3 aliphatic heterocycles. The first kappa shape index (κ1) is 16.3. The molecule has 0 bridgehead atoms. The zero-order chi connectivity index (χ0) is 17.2. The third-order valence-electron chi connectivity index (χ3n) is 5.98. The second-order valence-electron chi connectivity index (χ2n) is 7.76. The minimum atomic E-state index is -0.710. The highest BCUT2D eigenvalue weighted by molar-refractivity contribution is 5.77. The van der Waals surface area contributed by atoms with Crippen LogP contribution in [-0.4, -0.2) is 46.4 Å². The number of ether oxygens (including phenoxy) is 3. The van der Waals surface area contributed by atoms with Crippen molar-refractivity contribution in [3.63, 3.8) is 0 Å². The maximum absolute atomic E-state index is 12.4. The van der Waals surface area contributed by atoms with E-state index < -0.39 is 29.4 Å². The van der Waals surface area contributed by atoms with Crippen LogP contribution in [-0.2, 0) is 14.2 Å². The molecule has 4 aliphatic rings. The molecule has 0 aromatic rings. The van der Waals surface area contributed by atoms with Gasteiger partial charge in [0.05, 0.1) is 11.8 Å². The van der Waals surface area contributed by atoms with Gasteiger partial charge in [-0.1, -0.05) is 6.92 Å². The highest BCUT2D eigenvalue weighted by Crippen LogP contribution is 2.56. The van der Waals surface area contributed by atoms with Crippen molar-refractivity contribution in [2.75, 3.05) is 0 Å². The zero-order valence-electron chi connectivity index (χ0n) is 14.6. The minimum absolute atomic E-state index is 0.213. The Morgan fingerprint density at radius 2 is 2.04 bits per heavy atom. The summed E-state index contributed by atoms with van der Waals surface area (Å²) in [4.78, 5) is 14.0. The number of amides is 2. The SMILES string of the molecule is CC[C@@]1(C)O[C@@H](N2C=CC(N)NC2=O)[C@]2(C)OC3(CCCC3)O[C@@H]21. The molecule has 2 amide bonds. The summed E-state index contributed by atoms with van der Waals surface area (Å²) in [6.45, 7) is 6.13. The van der Waals surface area contributed by atoms with E-state index in [0.29, 0.717) is 0 Å². The van der Waals surface area contributed by atoms with Gasteiger partial charge >= 0.3 is 6.03 Å². The lowest BCUT2D eigenvalue weighted by Gasteiger charge is -2.38. The standard InChI is InChI=1S/C17H27N3O4/c1-4-15(2)12-16(3,24-17(22-12)8-5-6-9-17)13(23-15)20-10-7-11(18)19-14(20)21/h7,10-13H,4-6,8-9,18H2,1-3H3,(H,19,21)/t11?,12-,13-,15-,16-/m1/s1. The summed E-state index contributed by atoms with van der Waals surface area (Å²) in [5.41, 5.74) is 4.55. The molecule has 3 fully saturated rings. The summed E-state index contributed by atoms with van der Waals surface area (Å²) < 4.78 is 19.3. The van der Waals surface area contributed by atoms with Gasteiger partial charge in [0.2, 0.25) is 0 Å². The van der Waals surface area contributed by atoms with Crippen LogP contribution in [0, 0.1) is 0 Å². The Morgan fingerprint density at radius 3 is 2.67 bits per heavy atom. The van der Waals surface area contributed by atoms with Crippen LogP contribution in [0.25, 0.3) is 0 Å². The van der Waals surface area contributed by atoms with E-state index in [2.05, 4.69) is 12.2 Å². The number of nitrogens with zero attached hydrogens (tertiary/aromatic N) is 1. The monoisotopic (exact) mass is 337 g/mol. The summed E-state index contributed by atoms with van der Waals surface area (Å²) in [5.74, 6) is -0.524. The van der Waals surface area contributed by atoms with Crippen LogP contribution in [0.15, 0.2) is 12.3 Å². The normalized spacial score (nSPS) is 46.6. The number of nitrogens with one attached hydrogen (secondary N) is 1. The summed E-state index contributed by atoms with van der Waals surface area (Å²) in [6.07, 6.45) is 7.00. The van der Waals surface area contributed by atoms with E-state index in [1.807, 2.05) is 13.8 Å². The van der Waals surface area contributed by atoms with Crippen LogP contribution in [0.3, 0.4) is 0 Å². The number of urea groups is 1. The lowest BCUT2D eigenvalue weighted by Crippen LogP contribution is -2.58. The van der Waals surface area contributed by atoms with E-state index in [4.69, 9.17) is 19.9 Å². The molecule has 3 N–H and O–H groups in total. The summed E-state index contributed by atoms with van der Waals surface area (Å²) in [5, 5.41) is 2.71. The van der Waals surface area contributed by atoms with Crippen molar-refractivity contribution in [2.45, 2.75) is 88.4 Å². The van der Waals surface area contributed by atoms with E-state index in [9.17, 15) is 4.79 Å². The minimum Gasteiger partial charge on any atom is -0.346 e. The largest absolute Gasteiger partial charge is 0.346 e. The molecule has 3 heterocycles. The quantitative estimate of drug-likeness (QED) is 0.802. The smallest absolute Gasteiger partial charge is 0.325 e.